The summed E-state index contributed by atoms with van der Waals surface area (Å²) in [5.41, 5.74) is 1.22. The van der Waals surface area contributed by atoms with Gasteiger partial charge in [-0.3, -0.25) is 0 Å². The summed E-state index contributed by atoms with van der Waals surface area (Å²) in [5.74, 6) is 0. The van der Waals surface area contributed by atoms with Crippen LogP contribution in [0.2, 0.25) is 0 Å². The van der Waals surface area contributed by atoms with Gasteiger partial charge in [0.25, 0.3) is 0 Å². The number of carbonyl (C=O) groups is 1. The van der Waals surface area contributed by atoms with Crippen molar-refractivity contribution < 1.29 is 9.90 Å². The Hall–Kier alpha value is -2.51. The van der Waals surface area contributed by atoms with E-state index in [9.17, 15) is 9.90 Å². The first kappa shape index (κ1) is 19.3. The average Bonchev–Trinajstić information content (AvgIpc) is 3.25. The maximum atomic E-state index is 12.0. The van der Waals surface area contributed by atoms with Gasteiger partial charge < -0.3 is 0 Å². The Balaban J connectivity index is 1.89. The molecule has 1 aliphatic heterocycles. The van der Waals surface area contributed by atoms with Gasteiger partial charge in [0, 0.05) is 0 Å². The molecule has 0 aliphatic carbocycles. The van der Waals surface area contributed by atoms with Crippen LogP contribution in [0.25, 0.3) is 0 Å². The third kappa shape index (κ3) is 4.81. The Morgan fingerprint density at radius 1 is 1.30 bits per heavy atom. The van der Waals surface area contributed by atoms with Crippen LogP contribution in [0.4, 0.5) is 15.2 Å². The summed E-state index contributed by atoms with van der Waals surface area (Å²) in [4.78, 5) is 21.9. The molecule has 1 aliphatic rings. The Morgan fingerprint density at radius 3 is 2.63 bits per heavy atom. The molecule has 2 aromatic rings. The topological polar surface area (TPSA) is 103 Å². The SMILES string of the molecule is CC(C)(C)N(C(=O)O)C(CC1=NC=NC1)c1nnc(Nc2ccccc2)[se]1. The number of aromatic nitrogens is 2. The van der Waals surface area contributed by atoms with Crippen molar-refractivity contribution in [3.8, 4) is 0 Å². The van der Waals surface area contributed by atoms with E-state index in [-0.39, 0.29) is 14.5 Å². The van der Waals surface area contributed by atoms with Gasteiger partial charge in [-0.25, -0.2) is 0 Å². The van der Waals surface area contributed by atoms with Gasteiger partial charge >= 0.3 is 164 Å². The molecule has 1 unspecified atom stereocenters. The molecule has 0 radical (unpaired) electrons. The van der Waals surface area contributed by atoms with E-state index in [2.05, 4.69) is 25.5 Å². The standard InChI is InChI=1S/C18H22N6O2Se/c1-18(2,3)24(17(25)26)14(9-13-10-19-11-20-13)15-22-23-16(27-15)21-12-7-5-4-6-8-12/h4-8,11,14H,9-10H2,1-3H3,(H,21,23)(H,25,26). The van der Waals surface area contributed by atoms with Gasteiger partial charge in [0.15, 0.2) is 0 Å². The molecule has 1 aromatic heterocycles. The van der Waals surface area contributed by atoms with Gasteiger partial charge in [-0.15, -0.1) is 0 Å². The molecule has 0 fully saturated rings. The van der Waals surface area contributed by atoms with Crippen molar-refractivity contribution in [1.29, 1.82) is 0 Å². The molecule has 2 N–H and O–H groups in total. The first-order chi connectivity index (χ1) is 12.8. The summed E-state index contributed by atoms with van der Waals surface area (Å²) in [6, 6.07) is 9.33. The number of aliphatic imine (C=N–C) groups is 2. The molecule has 1 atom stereocenters. The minimum atomic E-state index is -0.977. The second-order valence-corrected chi connectivity index (χ2v) is 9.25. The van der Waals surface area contributed by atoms with Crippen molar-refractivity contribution >= 4 is 43.0 Å². The predicted octanol–water partition coefficient (Wildman–Crippen LogP) is 2.97. The van der Waals surface area contributed by atoms with Crippen LogP contribution in [0.5, 0.6) is 0 Å². The molecule has 1 amide bonds. The third-order valence-electron chi connectivity index (χ3n) is 4.02. The first-order valence-corrected chi connectivity index (χ1v) is 10.3. The van der Waals surface area contributed by atoms with Crippen LogP contribution in [0.15, 0.2) is 40.3 Å². The molecule has 2 heterocycles. The zero-order valence-corrected chi connectivity index (χ0v) is 17.2. The number of anilines is 2. The second-order valence-electron chi connectivity index (χ2n) is 7.13. The summed E-state index contributed by atoms with van der Waals surface area (Å²) in [7, 11) is 0. The number of amides is 1. The third-order valence-corrected chi connectivity index (χ3v) is 5.99. The molecule has 142 valence electrons. The molecule has 1 aromatic carbocycles. The van der Waals surface area contributed by atoms with Crippen molar-refractivity contribution in [3.63, 3.8) is 0 Å². The summed E-state index contributed by atoms with van der Waals surface area (Å²) in [6.45, 7) is 6.15. The molecule has 0 bridgehead atoms. The van der Waals surface area contributed by atoms with Crippen LogP contribution in [0, 0.1) is 0 Å². The van der Waals surface area contributed by atoms with E-state index in [0.717, 1.165) is 20.7 Å². The minimum absolute atomic E-state index is 0.195. The maximum absolute atomic E-state index is 12.0. The van der Waals surface area contributed by atoms with Crippen LogP contribution < -0.4 is 5.32 Å². The Morgan fingerprint density at radius 2 is 2.04 bits per heavy atom. The number of hydrogen-bond donors (Lipinski definition) is 2. The van der Waals surface area contributed by atoms with Crippen LogP contribution in [-0.4, -0.2) is 64.9 Å². The van der Waals surface area contributed by atoms with Gasteiger partial charge in [0.2, 0.25) is 0 Å². The van der Waals surface area contributed by atoms with E-state index >= 15 is 0 Å². The number of nitrogens with zero attached hydrogens (tertiary/aromatic N) is 5. The summed E-state index contributed by atoms with van der Waals surface area (Å²) >= 11 is -0.195. The van der Waals surface area contributed by atoms with Gasteiger partial charge in [0.1, 0.15) is 0 Å². The van der Waals surface area contributed by atoms with Gasteiger partial charge in [-0.1, -0.05) is 0 Å². The number of benzene rings is 1. The van der Waals surface area contributed by atoms with Crippen LogP contribution in [-0.2, 0) is 0 Å². The fraction of sp³-hybridized carbons (Fsp3) is 0.389. The number of hydrogen-bond acceptors (Lipinski definition) is 6. The zero-order valence-electron chi connectivity index (χ0n) is 15.5. The predicted molar refractivity (Wildman–Crippen MR) is 106 cm³/mol. The van der Waals surface area contributed by atoms with Crippen LogP contribution >= 0.6 is 0 Å². The average molecular weight is 433 g/mol. The molecule has 0 saturated carbocycles. The number of rotatable bonds is 6. The van der Waals surface area contributed by atoms with E-state index in [0.29, 0.717) is 13.0 Å². The molecule has 3 rings (SSSR count). The van der Waals surface area contributed by atoms with Crippen LogP contribution in [0.3, 0.4) is 0 Å². The second kappa shape index (κ2) is 8.02. The van der Waals surface area contributed by atoms with Gasteiger partial charge in [-0.05, 0) is 0 Å². The van der Waals surface area contributed by atoms with Crippen molar-refractivity contribution in [2.24, 2.45) is 9.98 Å². The molecule has 0 spiro atoms. The number of para-hydroxylation sites is 1. The monoisotopic (exact) mass is 434 g/mol. The number of nitrogens with one attached hydrogen (secondary N) is 1. The first-order valence-electron chi connectivity index (χ1n) is 8.56. The summed E-state index contributed by atoms with van der Waals surface area (Å²) in [5, 5.41) is 21.7. The Labute approximate surface area is 163 Å². The van der Waals surface area contributed by atoms with E-state index in [4.69, 9.17) is 0 Å². The fourth-order valence-electron chi connectivity index (χ4n) is 2.89. The molecule has 8 nitrogen and oxygen atoms in total. The van der Waals surface area contributed by atoms with E-state index in [1.165, 1.54) is 11.2 Å². The normalized spacial score (nSPS) is 14.7. The van der Waals surface area contributed by atoms with Crippen molar-refractivity contribution in [2.75, 3.05) is 11.9 Å². The van der Waals surface area contributed by atoms with Crippen molar-refractivity contribution in [2.45, 2.75) is 38.8 Å². The quantitative estimate of drug-likeness (QED) is 0.682. The summed E-state index contributed by atoms with van der Waals surface area (Å²) in [6.07, 6.45) is 1.02. The van der Waals surface area contributed by atoms with Crippen molar-refractivity contribution in [1.82, 2.24) is 15.1 Å². The van der Waals surface area contributed by atoms with E-state index in [1.807, 2.05) is 51.1 Å². The molecule has 0 saturated heterocycles. The van der Waals surface area contributed by atoms with Gasteiger partial charge in [-0.2, -0.15) is 0 Å². The van der Waals surface area contributed by atoms with E-state index < -0.39 is 17.7 Å². The number of carboxylic acid groups (broad SMARTS) is 1. The van der Waals surface area contributed by atoms with Gasteiger partial charge in [0.05, 0.1) is 0 Å². The van der Waals surface area contributed by atoms with E-state index in [1.54, 1.807) is 0 Å². The fourth-order valence-corrected chi connectivity index (χ4v) is 4.69. The van der Waals surface area contributed by atoms with Crippen LogP contribution in [0.1, 0.15) is 37.8 Å². The van der Waals surface area contributed by atoms with Crippen molar-refractivity contribution in [3.05, 3.63) is 34.9 Å². The molecule has 27 heavy (non-hydrogen) atoms. The Kier molecular flexibility index (Phi) is 5.72. The zero-order chi connectivity index (χ0) is 19.4. The molecule has 9 heteroatoms. The Bertz CT molecular complexity index is 856. The molecular formula is C18H22N6O2Se. The molecular weight excluding hydrogens is 411 g/mol. The summed E-state index contributed by atoms with van der Waals surface area (Å²) < 4.78 is 1.53.